The van der Waals surface area contributed by atoms with Crippen LogP contribution in [-0.4, -0.2) is 41.0 Å². The predicted octanol–water partition coefficient (Wildman–Crippen LogP) is 3.53. The molecule has 0 saturated carbocycles. The van der Waals surface area contributed by atoms with E-state index in [-0.39, 0.29) is 22.7 Å². The third-order valence-electron chi connectivity index (χ3n) is 4.85. The van der Waals surface area contributed by atoms with Crippen molar-refractivity contribution in [3.8, 4) is 0 Å². The fraction of sp³-hybridized carbons (Fsp3) is 0.412. The molecule has 0 bridgehead atoms. The molecule has 4 rings (SSSR count). The molecular weight excluding hydrogens is 386 g/mol. The van der Waals surface area contributed by atoms with Crippen LogP contribution < -0.4 is 10.6 Å². The molecule has 27 heavy (non-hydrogen) atoms. The lowest BCUT2D eigenvalue weighted by Crippen LogP contribution is -2.49. The molecule has 0 radical (unpaired) electrons. The van der Waals surface area contributed by atoms with Crippen LogP contribution in [0.3, 0.4) is 0 Å². The Balaban J connectivity index is 1.66. The van der Waals surface area contributed by atoms with Gasteiger partial charge in [0.1, 0.15) is 16.8 Å². The smallest absolute Gasteiger partial charge is 0.338 e. The van der Waals surface area contributed by atoms with E-state index in [2.05, 4.69) is 25.5 Å². The van der Waals surface area contributed by atoms with Gasteiger partial charge in [0.2, 0.25) is 5.82 Å². The Hall–Kier alpha value is -1.97. The number of halogens is 5. The average molecular weight is 402 g/mol. The molecule has 1 aromatic carbocycles. The number of hydrogen-bond acceptors (Lipinski definition) is 5. The van der Waals surface area contributed by atoms with E-state index < -0.39 is 17.8 Å². The molecule has 0 spiro atoms. The molecule has 1 fully saturated rings. The van der Waals surface area contributed by atoms with Crippen molar-refractivity contribution in [3.63, 3.8) is 0 Å². The van der Waals surface area contributed by atoms with E-state index in [1.165, 1.54) is 6.07 Å². The highest BCUT2D eigenvalue weighted by molar-refractivity contribution is 6.29. The number of nitrogens with zero attached hydrogens (tertiary/aromatic N) is 3. The van der Waals surface area contributed by atoms with Gasteiger partial charge in [-0.2, -0.15) is 13.2 Å². The summed E-state index contributed by atoms with van der Waals surface area (Å²) in [4.78, 5) is 8.88. The summed E-state index contributed by atoms with van der Waals surface area (Å²) in [6.45, 7) is 3.31. The summed E-state index contributed by atoms with van der Waals surface area (Å²) in [7, 11) is 0. The maximum absolute atomic E-state index is 15.0. The number of rotatable bonds is 2. The number of alkyl halides is 3. The van der Waals surface area contributed by atoms with Crippen LogP contribution in [0, 0.1) is 5.82 Å². The summed E-state index contributed by atoms with van der Waals surface area (Å²) in [6, 6.07) is 4.58. The van der Waals surface area contributed by atoms with Gasteiger partial charge in [0.25, 0.3) is 0 Å². The van der Waals surface area contributed by atoms with Crippen LogP contribution in [0.4, 0.5) is 29.1 Å². The van der Waals surface area contributed by atoms with Crippen LogP contribution in [-0.2, 0) is 12.6 Å². The second kappa shape index (κ2) is 6.88. The maximum atomic E-state index is 15.0. The number of aromatic nitrogens is 2. The first-order valence-corrected chi connectivity index (χ1v) is 8.85. The largest absolute Gasteiger partial charge is 0.451 e. The van der Waals surface area contributed by atoms with Gasteiger partial charge in [0.15, 0.2) is 0 Å². The van der Waals surface area contributed by atoms with Crippen LogP contribution in [0.15, 0.2) is 18.2 Å². The molecule has 1 atom stereocenters. The molecule has 3 heterocycles. The number of fused-ring (bicyclic) bond motifs is 3. The Morgan fingerprint density at radius 2 is 2.04 bits per heavy atom. The van der Waals surface area contributed by atoms with Crippen LogP contribution in [0.1, 0.15) is 23.0 Å². The standard InChI is InChI=1S/C17H16ClF4N5/c18-13-7-14(26-16(25-13)17(20,21)22)24-11-2-1-9-10(15(11)19)3-5-27-6-4-23-8-12(9)27/h1-2,7,12,23H,3-6,8H2,(H,24,25,26)/t12-/m0/s1. The average Bonchev–Trinajstić information content (AvgIpc) is 2.62. The van der Waals surface area contributed by atoms with Gasteiger partial charge in [-0.05, 0) is 23.6 Å². The predicted molar refractivity (Wildman–Crippen MR) is 92.6 cm³/mol. The minimum Gasteiger partial charge on any atom is -0.338 e. The molecule has 0 amide bonds. The van der Waals surface area contributed by atoms with Gasteiger partial charge in [-0.1, -0.05) is 17.7 Å². The molecule has 144 valence electrons. The highest BCUT2D eigenvalue weighted by Gasteiger charge is 2.36. The molecule has 0 unspecified atom stereocenters. The highest BCUT2D eigenvalue weighted by Crippen LogP contribution is 2.36. The minimum atomic E-state index is -4.74. The summed E-state index contributed by atoms with van der Waals surface area (Å²) < 4.78 is 53.6. The van der Waals surface area contributed by atoms with Gasteiger partial charge in [0.05, 0.1) is 5.69 Å². The lowest BCUT2D eigenvalue weighted by molar-refractivity contribution is -0.144. The Morgan fingerprint density at radius 1 is 1.22 bits per heavy atom. The zero-order valence-electron chi connectivity index (χ0n) is 14.1. The molecule has 5 nitrogen and oxygen atoms in total. The first-order chi connectivity index (χ1) is 12.8. The summed E-state index contributed by atoms with van der Waals surface area (Å²) in [5.41, 5.74) is 1.56. The Bertz CT molecular complexity index is 873. The quantitative estimate of drug-likeness (QED) is 0.595. The van der Waals surface area contributed by atoms with Gasteiger partial charge in [-0.25, -0.2) is 14.4 Å². The Morgan fingerprint density at radius 3 is 2.81 bits per heavy atom. The van der Waals surface area contributed by atoms with Crippen LogP contribution in [0.5, 0.6) is 0 Å². The van der Waals surface area contributed by atoms with Crippen molar-refractivity contribution in [2.75, 3.05) is 31.5 Å². The molecule has 2 aliphatic rings. The van der Waals surface area contributed by atoms with E-state index in [1.807, 2.05) is 6.07 Å². The summed E-state index contributed by atoms with van der Waals surface area (Å²) in [5.74, 6) is -2.06. The summed E-state index contributed by atoms with van der Waals surface area (Å²) >= 11 is 5.66. The summed E-state index contributed by atoms with van der Waals surface area (Å²) in [5, 5.41) is 5.54. The number of piperazine rings is 1. The van der Waals surface area contributed by atoms with Crippen molar-refractivity contribution in [1.82, 2.24) is 20.2 Å². The SMILES string of the molecule is Fc1c(Nc2cc(Cl)nc(C(F)(F)F)n2)ccc2c1CCN1CCNC[C@@H]21. The van der Waals surface area contributed by atoms with E-state index in [9.17, 15) is 13.2 Å². The van der Waals surface area contributed by atoms with Gasteiger partial charge in [-0.15, -0.1) is 0 Å². The third kappa shape index (κ3) is 3.59. The molecule has 2 N–H and O–H groups in total. The van der Waals surface area contributed by atoms with E-state index in [1.54, 1.807) is 0 Å². The normalized spacial score (nSPS) is 20.1. The maximum Gasteiger partial charge on any atom is 0.451 e. The number of benzene rings is 1. The van der Waals surface area contributed by atoms with Crippen molar-refractivity contribution in [3.05, 3.63) is 46.1 Å². The third-order valence-corrected chi connectivity index (χ3v) is 5.05. The van der Waals surface area contributed by atoms with Crippen LogP contribution in [0.25, 0.3) is 0 Å². The van der Waals surface area contributed by atoms with Crippen molar-refractivity contribution in [2.45, 2.75) is 18.6 Å². The van der Waals surface area contributed by atoms with Gasteiger partial charge in [-0.3, -0.25) is 4.90 Å². The van der Waals surface area contributed by atoms with E-state index in [0.717, 1.165) is 37.8 Å². The fourth-order valence-electron chi connectivity index (χ4n) is 3.62. The second-order valence-electron chi connectivity index (χ2n) is 6.52. The number of hydrogen-bond donors (Lipinski definition) is 2. The monoisotopic (exact) mass is 401 g/mol. The van der Waals surface area contributed by atoms with Crippen molar-refractivity contribution < 1.29 is 17.6 Å². The highest BCUT2D eigenvalue weighted by atomic mass is 35.5. The molecule has 1 aromatic heterocycles. The molecule has 1 saturated heterocycles. The Labute approximate surface area is 157 Å². The number of nitrogens with one attached hydrogen (secondary N) is 2. The molecule has 2 aromatic rings. The fourth-order valence-corrected chi connectivity index (χ4v) is 3.80. The van der Waals surface area contributed by atoms with Crippen molar-refractivity contribution in [2.24, 2.45) is 0 Å². The van der Waals surface area contributed by atoms with Crippen LogP contribution >= 0.6 is 11.6 Å². The topological polar surface area (TPSA) is 53.1 Å². The lowest BCUT2D eigenvalue weighted by Gasteiger charge is -2.41. The van der Waals surface area contributed by atoms with E-state index in [4.69, 9.17) is 11.6 Å². The minimum absolute atomic E-state index is 0.0638. The first-order valence-electron chi connectivity index (χ1n) is 8.48. The van der Waals surface area contributed by atoms with Gasteiger partial charge < -0.3 is 10.6 Å². The number of anilines is 2. The van der Waals surface area contributed by atoms with E-state index >= 15 is 4.39 Å². The van der Waals surface area contributed by atoms with E-state index in [0.29, 0.717) is 12.0 Å². The molecule has 10 heteroatoms. The first kappa shape index (κ1) is 18.4. The van der Waals surface area contributed by atoms with Gasteiger partial charge >= 0.3 is 6.18 Å². The van der Waals surface area contributed by atoms with Crippen molar-refractivity contribution >= 4 is 23.1 Å². The zero-order valence-corrected chi connectivity index (χ0v) is 14.8. The van der Waals surface area contributed by atoms with Crippen molar-refractivity contribution in [1.29, 1.82) is 0 Å². The zero-order chi connectivity index (χ0) is 19.2. The molecule has 2 aliphatic heterocycles. The Kier molecular flexibility index (Phi) is 4.69. The lowest BCUT2D eigenvalue weighted by atomic mass is 9.90. The van der Waals surface area contributed by atoms with Gasteiger partial charge in [0, 0.05) is 38.3 Å². The van der Waals surface area contributed by atoms with Crippen LogP contribution in [0.2, 0.25) is 5.15 Å². The summed E-state index contributed by atoms with van der Waals surface area (Å²) in [6.07, 6.45) is -4.20. The molecular formula is C17H16ClF4N5. The molecule has 0 aliphatic carbocycles. The second-order valence-corrected chi connectivity index (χ2v) is 6.91.